The largest absolute Gasteiger partial charge is 0.496 e. The highest BCUT2D eigenvalue weighted by Crippen LogP contribution is 2.39. The standard InChI is InChI=1S/C29H34N4O4S/c1-29(2,3)15-20(16-30)27(34)33-10-8-32(9-11-33)18-23-24(36-5)13-19(14-25(23)37-6)22-17-31(4)28(35)21-7-12-38-26(21)22/h7,12-15,17H,8-11,18H2,1-6H3. The van der Waals surface area contributed by atoms with Gasteiger partial charge in [-0.15, -0.1) is 11.3 Å². The molecule has 1 aliphatic heterocycles. The number of hydrogen-bond acceptors (Lipinski definition) is 7. The van der Waals surface area contributed by atoms with Crippen LogP contribution < -0.4 is 15.0 Å². The van der Waals surface area contributed by atoms with Crippen LogP contribution in [0.25, 0.3) is 21.2 Å². The number of thiophene rings is 1. The fourth-order valence-electron chi connectivity index (χ4n) is 4.77. The molecule has 3 aromatic rings. The zero-order valence-electron chi connectivity index (χ0n) is 22.8. The third kappa shape index (κ3) is 5.62. The monoisotopic (exact) mass is 534 g/mol. The molecule has 1 saturated heterocycles. The number of aromatic nitrogens is 1. The van der Waals surface area contributed by atoms with E-state index in [0.29, 0.717) is 49.6 Å². The SMILES string of the molecule is COc1cc(-c2cn(C)c(=O)c3ccsc23)cc(OC)c1CN1CCN(C(=O)C(C#N)=CC(C)(C)C)CC1. The molecule has 0 N–H and O–H groups in total. The Morgan fingerprint density at radius 1 is 1.13 bits per heavy atom. The molecule has 9 heteroatoms. The number of carbonyl (C=O) groups excluding carboxylic acids is 1. The van der Waals surface area contributed by atoms with Crippen molar-refractivity contribution in [2.45, 2.75) is 27.3 Å². The van der Waals surface area contributed by atoms with Gasteiger partial charge in [-0.2, -0.15) is 5.26 Å². The first kappa shape index (κ1) is 27.4. The molecular formula is C29H34N4O4S. The average molecular weight is 535 g/mol. The number of nitriles is 1. The van der Waals surface area contributed by atoms with Gasteiger partial charge in [-0.3, -0.25) is 14.5 Å². The van der Waals surface area contributed by atoms with Gasteiger partial charge < -0.3 is 18.9 Å². The maximum Gasteiger partial charge on any atom is 0.264 e. The van der Waals surface area contributed by atoms with E-state index in [-0.39, 0.29) is 22.5 Å². The lowest BCUT2D eigenvalue weighted by atomic mass is 9.93. The summed E-state index contributed by atoms with van der Waals surface area (Å²) in [6, 6.07) is 7.92. The van der Waals surface area contributed by atoms with Crippen molar-refractivity contribution < 1.29 is 14.3 Å². The summed E-state index contributed by atoms with van der Waals surface area (Å²) >= 11 is 1.54. The van der Waals surface area contributed by atoms with Crippen molar-refractivity contribution in [1.29, 1.82) is 5.26 Å². The molecule has 0 atom stereocenters. The Morgan fingerprint density at radius 2 is 1.76 bits per heavy atom. The number of rotatable bonds is 6. The Morgan fingerprint density at radius 3 is 2.32 bits per heavy atom. The number of pyridine rings is 1. The van der Waals surface area contributed by atoms with Gasteiger partial charge in [0.05, 0.1) is 25.2 Å². The van der Waals surface area contributed by atoms with Crippen LogP contribution in [0.3, 0.4) is 0 Å². The molecule has 0 radical (unpaired) electrons. The minimum Gasteiger partial charge on any atom is -0.496 e. The quantitative estimate of drug-likeness (QED) is 0.344. The number of piperazine rings is 1. The lowest BCUT2D eigenvalue weighted by molar-refractivity contribution is -0.128. The second-order valence-corrected chi connectivity index (χ2v) is 11.5. The highest BCUT2D eigenvalue weighted by atomic mass is 32.1. The summed E-state index contributed by atoms with van der Waals surface area (Å²) in [7, 11) is 5.05. The van der Waals surface area contributed by atoms with Gasteiger partial charge in [-0.25, -0.2) is 0 Å². The molecule has 3 heterocycles. The zero-order valence-corrected chi connectivity index (χ0v) is 23.6. The van der Waals surface area contributed by atoms with Crippen LogP contribution in [0, 0.1) is 16.7 Å². The third-order valence-corrected chi connectivity index (χ3v) is 7.62. The molecule has 0 unspecified atom stereocenters. The summed E-state index contributed by atoms with van der Waals surface area (Å²) in [4.78, 5) is 29.5. The summed E-state index contributed by atoms with van der Waals surface area (Å²) in [5.74, 6) is 1.20. The number of benzene rings is 1. The van der Waals surface area contributed by atoms with Crippen LogP contribution in [0.5, 0.6) is 11.5 Å². The van der Waals surface area contributed by atoms with Gasteiger partial charge in [0, 0.05) is 56.2 Å². The van der Waals surface area contributed by atoms with E-state index in [2.05, 4.69) is 11.0 Å². The zero-order chi connectivity index (χ0) is 27.6. The first-order valence-corrected chi connectivity index (χ1v) is 13.4. The number of hydrogen-bond donors (Lipinski definition) is 0. The Balaban J connectivity index is 1.57. The Labute approximate surface area is 227 Å². The van der Waals surface area contributed by atoms with Gasteiger partial charge in [0.2, 0.25) is 0 Å². The predicted molar refractivity (Wildman–Crippen MR) is 151 cm³/mol. The van der Waals surface area contributed by atoms with Crippen molar-refractivity contribution in [3.05, 3.63) is 57.3 Å². The van der Waals surface area contributed by atoms with E-state index in [1.54, 1.807) is 48.1 Å². The number of allylic oxidation sites excluding steroid dienone is 1. The smallest absolute Gasteiger partial charge is 0.264 e. The predicted octanol–water partition coefficient (Wildman–Crippen LogP) is 4.42. The number of carbonyl (C=O) groups is 1. The molecule has 0 spiro atoms. The second kappa shape index (κ2) is 11.0. The van der Waals surface area contributed by atoms with Gasteiger partial charge in [-0.05, 0) is 34.6 Å². The molecule has 1 aromatic carbocycles. The highest BCUT2D eigenvalue weighted by molar-refractivity contribution is 7.17. The van der Waals surface area contributed by atoms with Gasteiger partial charge >= 0.3 is 0 Å². The fraction of sp³-hybridized carbons (Fsp3) is 0.414. The Kier molecular flexibility index (Phi) is 7.95. The van der Waals surface area contributed by atoms with Gasteiger partial charge in [0.25, 0.3) is 11.5 Å². The number of fused-ring (bicyclic) bond motifs is 1. The average Bonchev–Trinajstić information content (AvgIpc) is 3.39. The van der Waals surface area contributed by atoms with Crippen molar-refractivity contribution in [3.8, 4) is 28.7 Å². The van der Waals surface area contributed by atoms with Gasteiger partial charge in [0.15, 0.2) is 0 Å². The fourth-order valence-corrected chi connectivity index (χ4v) is 5.69. The first-order chi connectivity index (χ1) is 18.1. The van der Waals surface area contributed by atoms with E-state index in [9.17, 15) is 14.9 Å². The molecule has 38 heavy (non-hydrogen) atoms. The van der Waals surface area contributed by atoms with E-state index in [0.717, 1.165) is 21.4 Å². The van der Waals surface area contributed by atoms with E-state index >= 15 is 0 Å². The molecule has 0 bridgehead atoms. The van der Waals surface area contributed by atoms with Crippen molar-refractivity contribution in [1.82, 2.24) is 14.4 Å². The molecule has 8 nitrogen and oxygen atoms in total. The Bertz CT molecular complexity index is 1460. The maximum absolute atomic E-state index is 12.9. The van der Waals surface area contributed by atoms with Crippen molar-refractivity contribution in [2.24, 2.45) is 12.5 Å². The van der Waals surface area contributed by atoms with Crippen LogP contribution >= 0.6 is 11.3 Å². The number of aryl methyl sites for hydroxylation is 1. The summed E-state index contributed by atoms with van der Waals surface area (Å²) in [6.07, 6.45) is 3.60. The number of ether oxygens (including phenoxy) is 2. The molecule has 2 aromatic heterocycles. The summed E-state index contributed by atoms with van der Waals surface area (Å²) in [5, 5.41) is 12.1. The molecule has 1 amide bonds. The van der Waals surface area contributed by atoms with E-state index < -0.39 is 0 Å². The van der Waals surface area contributed by atoms with Crippen molar-refractivity contribution in [2.75, 3.05) is 40.4 Å². The molecule has 1 fully saturated rings. The summed E-state index contributed by atoms with van der Waals surface area (Å²) < 4.78 is 14.2. The second-order valence-electron chi connectivity index (χ2n) is 10.6. The van der Waals surface area contributed by atoms with E-state index in [1.165, 1.54) is 0 Å². The van der Waals surface area contributed by atoms with Crippen LogP contribution in [0.4, 0.5) is 0 Å². The van der Waals surface area contributed by atoms with Crippen molar-refractivity contribution >= 4 is 27.3 Å². The molecule has 0 aliphatic carbocycles. The van der Waals surface area contributed by atoms with Crippen LogP contribution in [0.2, 0.25) is 0 Å². The maximum atomic E-state index is 12.9. The Hall–Kier alpha value is -3.61. The highest BCUT2D eigenvalue weighted by Gasteiger charge is 2.26. The molecule has 0 saturated carbocycles. The molecule has 200 valence electrons. The molecule has 1 aliphatic rings. The van der Waals surface area contributed by atoms with Gasteiger partial charge in [-0.1, -0.05) is 26.8 Å². The normalized spacial score (nSPS) is 15.0. The summed E-state index contributed by atoms with van der Waals surface area (Å²) in [6.45, 7) is 8.95. The first-order valence-electron chi connectivity index (χ1n) is 12.5. The minimum absolute atomic E-state index is 0.0195. The number of amides is 1. The van der Waals surface area contributed by atoms with Crippen LogP contribution in [-0.2, 0) is 18.4 Å². The van der Waals surface area contributed by atoms with Crippen LogP contribution in [0.1, 0.15) is 26.3 Å². The lowest BCUT2D eigenvalue weighted by Crippen LogP contribution is -2.48. The van der Waals surface area contributed by atoms with Crippen LogP contribution in [0.15, 0.2) is 46.2 Å². The molecule has 4 rings (SSSR count). The minimum atomic E-state index is -0.245. The van der Waals surface area contributed by atoms with Gasteiger partial charge in [0.1, 0.15) is 23.1 Å². The lowest BCUT2D eigenvalue weighted by Gasteiger charge is -2.35. The number of methoxy groups -OCH3 is 2. The molecular weight excluding hydrogens is 500 g/mol. The third-order valence-electron chi connectivity index (χ3n) is 6.67. The van der Waals surface area contributed by atoms with Crippen molar-refractivity contribution in [3.63, 3.8) is 0 Å². The topological polar surface area (TPSA) is 87.8 Å². The van der Waals surface area contributed by atoms with E-state index in [4.69, 9.17) is 9.47 Å². The number of nitrogens with zero attached hydrogens (tertiary/aromatic N) is 4. The van der Waals surface area contributed by atoms with Crippen LogP contribution in [-0.4, -0.2) is 60.7 Å². The van der Waals surface area contributed by atoms with E-state index in [1.807, 2.05) is 50.5 Å². The summed E-state index contributed by atoms with van der Waals surface area (Å²) in [5.41, 5.74) is 2.72.